The van der Waals surface area contributed by atoms with Crippen LogP contribution in [0.2, 0.25) is 0 Å². The molecule has 0 unspecified atom stereocenters. The summed E-state index contributed by atoms with van der Waals surface area (Å²) in [4.78, 5) is 35.8. The second-order valence-electron chi connectivity index (χ2n) is 5.79. The van der Waals surface area contributed by atoms with E-state index in [1.807, 2.05) is 0 Å². The molecule has 0 saturated heterocycles. The van der Waals surface area contributed by atoms with Crippen molar-refractivity contribution in [3.8, 4) is 0 Å². The molecule has 1 saturated carbocycles. The highest BCUT2D eigenvalue weighted by atomic mass is 16.4. The van der Waals surface area contributed by atoms with Crippen LogP contribution in [0.15, 0.2) is 0 Å². The fourth-order valence-corrected chi connectivity index (χ4v) is 2.36. The molecule has 0 radical (unpaired) electrons. The van der Waals surface area contributed by atoms with Crippen LogP contribution in [0.25, 0.3) is 0 Å². The Bertz CT molecular complexity index is 373. The highest BCUT2D eigenvalue weighted by molar-refractivity contribution is 5.87. The van der Waals surface area contributed by atoms with Crippen molar-refractivity contribution in [1.29, 1.82) is 0 Å². The molecule has 3 N–H and O–H groups in total. The topological polar surface area (TPSA) is 101 Å². The fraction of sp³-hybridized carbons (Fsp3) is 0.769. The zero-order valence-electron chi connectivity index (χ0n) is 11.5. The first kappa shape index (κ1) is 15.5. The van der Waals surface area contributed by atoms with E-state index >= 15 is 0 Å². The van der Waals surface area contributed by atoms with Crippen LogP contribution in [0.4, 0.5) is 0 Å². The van der Waals surface area contributed by atoms with E-state index in [1.165, 1.54) is 18.7 Å². The van der Waals surface area contributed by atoms with Gasteiger partial charge in [0.15, 0.2) is 0 Å². The van der Waals surface area contributed by atoms with Gasteiger partial charge in [0.05, 0.1) is 12.0 Å². The Labute approximate surface area is 112 Å². The maximum absolute atomic E-state index is 12.2. The number of aliphatic carboxylic acids is 1. The Morgan fingerprint density at radius 2 is 1.79 bits per heavy atom. The minimum Gasteiger partial charge on any atom is -0.481 e. The average Bonchev–Trinajstić information content (AvgIpc) is 2.77. The molecule has 108 valence electrons. The molecular formula is C13H22N2O4. The van der Waals surface area contributed by atoms with Crippen LogP contribution < -0.4 is 5.73 Å². The minimum atomic E-state index is -1.13. The van der Waals surface area contributed by atoms with Crippen molar-refractivity contribution in [2.75, 3.05) is 6.54 Å². The summed E-state index contributed by atoms with van der Waals surface area (Å²) in [5.41, 5.74) is 4.04. The highest BCUT2D eigenvalue weighted by Gasteiger charge is 2.35. The van der Waals surface area contributed by atoms with Crippen molar-refractivity contribution in [3.05, 3.63) is 0 Å². The van der Waals surface area contributed by atoms with Gasteiger partial charge in [-0.3, -0.25) is 14.4 Å². The number of carbonyl (C=O) groups excluding carboxylic acids is 2. The van der Waals surface area contributed by atoms with Crippen molar-refractivity contribution < 1.29 is 19.5 Å². The van der Waals surface area contributed by atoms with Gasteiger partial charge in [-0.2, -0.15) is 0 Å². The number of rotatable bonds is 6. The molecular weight excluding hydrogens is 248 g/mol. The van der Waals surface area contributed by atoms with E-state index in [-0.39, 0.29) is 24.9 Å². The molecule has 0 heterocycles. The second kappa shape index (κ2) is 6.04. The van der Waals surface area contributed by atoms with Crippen molar-refractivity contribution in [1.82, 2.24) is 4.90 Å². The van der Waals surface area contributed by atoms with Gasteiger partial charge in [0.25, 0.3) is 0 Å². The Kier molecular flexibility index (Phi) is 4.91. The van der Waals surface area contributed by atoms with Crippen LogP contribution in [0, 0.1) is 5.41 Å². The van der Waals surface area contributed by atoms with E-state index in [0.29, 0.717) is 0 Å². The van der Waals surface area contributed by atoms with Gasteiger partial charge in [0.1, 0.15) is 0 Å². The second-order valence-corrected chi connectivity index (χ2v) is 5.79. The van der Waals surface area contributed by atoms with E-state index in [0.717, 1.165) is 25.7 Å². The van der Waals surface area contributed by atoms with Crippen LogP contribution in [-0.4, -0.2) is 40.4 Å². The van der Waals surface area contributed by atoms with Gasteiger partial charge in [-0.05, 0) is 26.7 Å². The van der Waals surface area contributed by atoms with Gasteiger partial charge < -0.3 is 15.7 Å². The molecule has 0 aromatic heterocycles. The third-order valence-electron chi connectivity index (χ3n) is 3.58. The maximum atomic E-state index is 12.2. The summed E-state index contributed by atoms with van der Waals surface area (Å²) in [6.45, 7) is 2.88. The molecule has 2 amide bonds. The first-order valence-corrected chi connectivity index (χ1v) is 6.55. The van der Waals surface area contributed by atoms with Gasteiger partial charge in [-0.15, -0.1) is 0 Å². The van der Waals surface area contributed by atoms with Crippen LogP contribution in [0.3, 0.4) is 0 Å². The summed E-state index contributed by atoms with van der Waals surface area (Å²) in [6, 6.07) is 0.0181. The number of primary amides is 1. The molecule has 1 aliphatic rings. The summed E-state index contributed by atoms with van der Waals surface area (Å²) >= 11 is 0. The van der Waals surface area contributed by atoms with E-state index in [9.17, 15) is 14.4 Å². The SMILES string of the molecule is CC(C)(CC(=O)N(CC(N)=O)C1CCCC1)C(=O)O. The summed E-state index contributed by atoms with van der Waals surface area (Å²) < 4.78 is 0. The molecule has 0 bridgehead atoms. The first-order chi connectivity index (χ1) is 8.74. The first-order valence-electron chi connectivity index (χ1n) is 6.55. The standard InChI is InChI=1S/C13H22N2O4/c1-13(2,12(18)19)7-11(17)15(8-10(14)16)9-5-3-4-6-9/h9H,3-8H2,1-2H3,(H2,14,16)(H,18,19). The van der Waals surface area contributed by atoms with Gasteiger partial charge in [0, 0.05) is 12.5 Å². The van der Waals surface area contributed by atoms with Crippen molar-refractivity contribution in [2.24, 2.45) is 11.1 Å². The number of carboxylic acids is 1. The molecule has 1 rings (SSSR count). The monoisotopic (exact) mass is 270 g/mol. The molecule has 0 aromatic carbocycles. The number of carboxylic acid groups (broad SMARTS) is 1. The number of amides is 2. The van der Waals surface area contributed by atoms with Crippen molar-refractivity contribution in [2.45, 2.75) is 52.0 Å². The Hall–Kier alpha value is -1.59. The average molecular weight is 270 g/mol. The Morgan fingerprint density at radius 3 is 2.21 bits per heavy atom. The maximum Gasteiger partial charge on any atom is 0.309 e. The number of carbonyl (C=O) groups is 3. The normalized spacial score (nSPS) is 16.3. The lowest BCUT2D eigenvalue weighted by Gasteiger charge is -2.30. The predicted molar refractivity (Wildman–Crippen MR) is 69.2 cm³/mol. The number of hydrogen-bond acceptors (Lipinski definition) is 3. The van der Waals surface area contributed by atoms with Gasteiger partial charge in [-0.25, -0.2) is 0 Å². The van der Waals surface area contributed by atoms with E-state index in [2.05, 4.69) is 0 Å². The molecule has 1 fully saturated rings. The molecule has 0 aliphatic heterocycles. The van der Waals surface area contributed by atoms with Crippen LogP contribution in [0.5, 0.6) is 0 Å². The van der Waals surface area contributed by atoms with Gasteiger partial charge in [-0.1, -0.05) is 12.8 Å². The number of nitrogens with zero attached hydrogens (tertiary/aromatic N) is 1. The van der Waals surface area contributed by atoms with E-state index < -0.39 is 17.3 Å². The van der Waals surface area contributed by atoms with E-state index in [4.69, 9.17) is 10.8 Å². The third kappa shape index (κ3) is 4.22. The third-order valence-corrected chi connectivity index (χ3v) is 3.58. The summed E-state index contributed by atoms with van der Waals surface area (Å²) in [6.07, 6.45) is 3.64. The quantitative estimate of drug-likeness (QED) is 0.743. The zero-order chi connectivity index (χ0) is 14.6. The predicted octanol–water partition coefficient (Wildman–Crippen LogP) is 0.744. The van der Waals surface area contributed by atoms with Crippen LogP contribution in [0.1, 0.15) is 46.0 Å². The zero-order valence-corrected chi connectivity index (χ0v) is 11.5. The molecule has 0 aromatic rings. The minimum absolute atomic E-state index is 0.0181. The molecule has 6 nitrogen and oxygen atoms in total. The molecule has 1 aliphatic carbocycles. The Balaban J connectivity index is 2.76. The summed E-state index contributed by atoms with van der Waals surface area (Å²) in [5.74, 6) is -1.89. The van der Waals surface area contributed by atoms with Gasteiger partial charge >= 0.3 is 5.97 Å². The largest absolute Gasteiger partial charge is 0.481 e. The molecule has 19 heavy (non-hydrogen) atoms. The van der Waals surface area contributed by atoms with Crippen LogP contribution >= 0.6 is 0 Å². The lowest BCUT2D eigenvalue weighted by Crippen LogP contribution is -2.46. The lowest BCUT2D eigenvalue weighted by atomic mass is 9.88. The highest BCUT2D eigenvalue weighted by Crippen LogP contribution is 2.27. The van der Waals surface area contributed by atoms with E-state index in [1.54, 1.807) is 0 Å². The molecule has 0 atom stereocenters. The number of hydrogen-bond donors (Lipinski definition) is 2. The summed E-state index contributed by atoms with van der Waals surface area (Å²) in [7, 11) is 0. The van der Waals surface area contributed by atoms with Crippen molar-refractivity contribution >= 4 is 17.8 Å². The Morgan fingerprint density at radius 1 is 1.26 bits per heavy atom. The smallest absolute Gasteiger partial charge is 0.309 e. The molecule has 6 heteroatoms. The number of nitrogens with two attached hydrogens (primary N) is 1. The fourth-order valence-electron chi connectivity index (χ4n) is 2.36. The summed E-state index contributed by atoms with van der Waals surface area (Å²) in [5, 5.41) is 9.06. The van der Waals surface area contributed by atoms with Crippen LogP contribution in [-0.2, 0) is 14.4 Å². The van der Waals surface area contributed by atoms with Gasteiger partial charge in [0.2, 0.25) is 11.8 Å². The lowest BCUT2D eigenvalue weighted by molar-refractivity contribution is -0.152. The molecule has 0 spiro atoms. The van der Waals surface area contributed by atoms with Crippen molar-refractivity contribution in [3.63, 3.8) is 0 Å².